The van der Waals surface area contributed by atoms with Crippen LogP contribution in [0.15, 0.2) is 53.0 Å². The van der Waals surface area contributed by atoms with Crippen LogP contribution in [0.2, 0.25) is 0 Å². The fraction of sp³-hybridized carbons (Fsp3) is 0. The summed E-state index contributed by atoms with van der Waals surface area (Å²) >= 11 is 3.12. The van der Waals surface area contributed by atoms with Crippen LogP contribution in [-0.4, -0.2) is 9.66 Å². The van der Waals surface area contributed by atoms with E-state index in [-0.39, 0.29) is 11.6 Å². The third kappa shape index (κ3) is 2.38. The Hall–Kier alpha value is -2.34. The Morgan fingerprint density at radius 2 is 1.76 bits per heavy atom. The molecule has 3 rings (SSSR count). The lowest BCUT2D eigenvalue weighted by Crippen LogP contribution is -2.13. The molecule has 0 aliphatic carbocycles. The van der Waals surface area contributed by atoms with Crippen LogP contribution in [0.3, 0.4) is 0 Å². The Morgan fingerprint density at radius 3 is 2.43 bits per heavy atom. The van der Waals surface area contributed by atoms with Crippen LogP contribution in [0, 0.1) is 5.82 Å². The number of benzene rings is 2. The van der Waals surface area contributed by atoms with Crippen molar-refractivity contribution < 1.29 is 4.39 Å². The summed E-state index contributed by atoms with van der Waals surface area (Å²) in [5.74, 6) is 6.41. The van der Waals surface area contributed by atoms with Gasteiger partial charge >= 0.3 is 0 Å². The van der Waals surface area contributed by atoms with E-state index in [4.69, 9.17) is 11.6 Å². The summed E-state index contributed by atoms with van der Waals surface area (Å²) < 4.78 is 15.4. The first-order valence-corrected chi connectivity index (χ1v) is 7.01. The summed E-state index contributed by atoms with van der Waals surface area (Å²) in [6.07, 6.45) is 0. The van der Waals surface area contributed by atoms with E-state index >= 15 is 0 Å². The van der Waals surface area contributed by atoms with Crippen molar-refractivity contribution in [3.05, 3.63) is 58.8 Å². The maximum absolute atomic E-state index is 13.7. The molecule has 1 heterocycles. The molecule has 0 bridgehead atoms. The van der Waals surface area contributed by atoms with Gasteiger partial charge in [0.05, 0.1) is 4.47 Å². The highest BCUT2D eigenvalue weighted by Crippen LogP contribution is 2.31. The average Bonchev–Trinajstić information content (AvgIpc) is 2.79. The van der Waals surface area contributed by atoms with Crippen molar-refractivity contribution in [1.29, 1.82) is 0 Å². The van der Waals surface area contributed by atoms with Gasteiger partial charge in [0, 0.05) is 11.1 Å². The number of nitrogen functional groups attached to an aromatic ring is 2. The molecule has 0 unspecified atom stereocenters. The monoisotopic (exact) mass is 346 g/mol. The first-order chi connectivity index (χ1) is 10.1. The molecule has 21 heavy (non-hydrogen) atoms. The molecule has 106 valence electrons. The highest BCUT2D eigenvalue weighted by molar-refractivity contribution is 9.10. The minimum atomic E-state index is -0.375. The smallest absolute Gasteiger partial charge is 0.160 e. The van der Waals surface area contributed by atoms with E-state index in [1.807, 2.05) is 30.3 Å². The Morgan fingerprint density at radius 1 is 1.05 bits per heavy atom. The quantitative estimate of drug-likeness (QED) is 0.698. The van der Waals surface area contributed by atoms with Crippen molar-refractivity contribution in [2.24, 2.45) is 0 Å². The Bertz CT molecular complexity index is 799. The van der Waals surface area contributed by atoms with Crippen LogP contribution in [0.4, 0.5) is 10.2 Å². The summed E-state index contributed by atoms with van der Waals surface area (Å²) in [5, 5.41) is 0. The molecule has 1 aromatic heterocycles. The molecule has 2 aromatic carbocycles. The molecule has 0 saturated carbocycles. The van der Waals surface area contributed by atoms with Gasteiger partial charge in [0.1, 0.15) is 11.5 Å². The van der Waals surface area contributed by atoms with Crippen molar-refractivity contribution in [3.63, 3.8) is 0 Å². The molecule has 0 atom stereocenters. The van der Waals surface area contributed by atoms with Gasteiger partial charge in [-0.25, -0.2) is 14.1 Å². The largest absolute Gasteiger partial charge is 0.382 e. The fourth-order valence-electron chi connectivity index (χ4n) is 2.09. The molecule has 0 fully saturated rings. The lowest BCUT2D eigenvalue weighted by molar-refractivity contribution is 0.621. The van der Waals surface area contributed by atoms with E-state index < -0.39 is 0 Å². The summed E-state index contributed by atoms with van der Waals surface area (Å²) in [7, 11) is 0. The van der Waals surface area contributed by atoms with E-state index in [0.29, 0.717) is 21.6 Å². The van der Waals surface area contributed by atoms with Gasteiger partial charge in [0.25, 0.3) is 0 Å². The standard InChI is InChI=1S/C15H12BrFN4/c16-11-7-6-10(8-12(11)17)13-14(18)21(19)15(20-13)9-4-2-1-3-5-9/h1-8H,18-19H2. The molecule has 0 aliphatic heterocycles. The molecule has 6 heteroatoms. The van der Waals surface area contributed by atoms with E-state index in [1.54, 1.807) is 12.1 Å². The van der Waals surface area contributed by atoms with Crippen LogP contribution < -0.4 is 11.6 Å². The first-order valence-electron chi connectivity index (χ1n) is 6.22. The molecule has 4 nitrogen and oxygen atoms in total. The highest BCUT2D eigenvalue weighted by Gasteiger charge is 2.16. The van der Waals surface area contributed by atoms with E-state index in [2.05, 4.69) is 20.9 Å². The van der Waals surface area contributed by atoms with Crippen LogP contribution in [0.25, 0.3) is 22.6 Å². The van der Waals surface area contributed by atoms with Crippen molar-refractivity contribution in [3.8, 4) is 22.6 Å². The molecule has 3 aromatic rings. The number of rotatable bonds is 2. The van der Waals surface area contributed by atoms with Gasteiger partial charge in [-0.2, -0.15) is 0 Å². The van der Waals surface area contributed by atoms with Crippen molar-refractivity contribution in [2.75, 3.05) is 11.6 Å². The second-order valence-electron chi connectivity index (χ2n) is 4.53. The van der Waals surface area contributed by atoms with Crippen LogP contribution in [-0.2, 0) is 0 Å². The van der Waals surface area contributed by atoms with Crippen LogP contribution in [0.5, 0.6) is 0 Å². The van der Waals surface area contributed by atoms with Crippen LogP contribution in [0.1, 0.15) is 0 Å². The Balaban J connectivity index is 2.15. The third-order valence-corrected chi connectivity index (χ3v) is 3.82. The summed E-state index contributed by atoms with van der Waals surface area (Å²) in [6, 6.07) is 14.2. The molecule has 0 saturated heterocycles. The number of nitrogens with two attached hydrogens (primary N) is 2. The number of hydrogen-bond acceptors (Lipinski definition) is 3. The molecular weight excluding hydrogens is 335 g/mol. The second-order valence-corrected chi connectivity index (χ2v) is 5.39. The van der Waals surface area contributed by atoms with Crippen molar-refractivity contribution in [2.45, 2.75) is 0 Å². The summed E-state index contributed by atoms with van der Waals surface area (Å²) in [4.78, 5) is 4.45. The lowest BCUT2D eigenvalue weighted by atomic mass is 10.1. The maximum atomic E-state index is 13.7. The van der Waals surface area contributed by atoms with Crippen molar-refractivity contribution in [1.82, 2.24) is 9.66 Å². The number of nitrogens with zero attached hydrogens (tertiary/aromatic N) is 2. The maximum Gasteiger partial charge on any atom is 0.160 e. The van der Waals surface area contributed by atoms with Gasteiger partial charge in [0.15, 0.2) is 11.6 Å². The first kappa shape index (κ1) is 13.6. The highest BCUT2D eigenvalue weighted by atomic mass is 79.9. The number of anilines is 1. The predicted molar refractivity (Wildman–Crippen MR) is 85.3 cm³/mol. The zero-order valence-electron chi connectivity index (χ0n) is 10.9. The zero-order valence-corrected chi connectivity index (χ0v) is 12.5. The van der Waals surface area contributed by atoms with Gasteiger partial charge < -0.3 is 11.6 Å². The summed E-state index contributed by atoms with van der Waals surface area (Å²) in [5.41, 5.74) is 7.88. The number of halogens is 2. The van der Waals surface area contributed by atoms with Gasteiger partial charge in [-0.1, -0.05) is 36.4 Å². The van der Waals surface area contributed by atoms with Gasteiger partial charge in [-0.05, 0) is 28.1 Å². The molecule has 0 aliphatic rings. The number of hydrogen-bond donors (Lipinski definition) is 2. The number of aromatic nitrogens is 2. The Kier molecular flexibility index (Phi) is 3.39. The van der Waals surface area contributed by atoms with E-state index in [1.165, 1.54) is 10.7 Å². The van der Waals surface area contributed by atoms with Crippen molar-refractivity contribution >= 4 is 21.7 Å². The molecule has 4 N–H and O–H groups in total. The molecular formula is C15H12BrFN4. The molecule has 0 radical (unpaired) electrons. The second kappa shape index (κ2) is 5.21. The third-order valence-electron chi connectivity index (χ3n) is 3.17. The van der Waals surface area contributed by atoms with Gasteiger partial charge in [-0.15, -0.1) is 0 Å². The average molecular weight is 347 g/mol. The minimum absolute atomic E-state index is 0.288. The SMILES string of the molecule is Nc1c(-c2ccc(Br)c(F)c2)nc(-c2ccccc2)n1N. The fourth-order valence-corrected chi connectivity index (χ4v) is 2.34. The predicted octanol–water partition coefficient (Wildman–Crippen LogP) is 3.41. The van der Waals surface area contributed by atoms with Gasteiger partial charge in [-0.3, -0.25) is 0 Å². The summed E-state index contributed by atoms with van der Waals surface area (Å²) in [6.45, 7) is 0. The van der Waals surface area contributed by atoms with E-state index in [0.717, 1.165) is 5.56 Å². The normalized spacial score (nSPS) is 10.8. The Labute approximate surface area is 129 Å². The number of imidazole rings is 1. The lowest BCUT2D eigenvalue weighted by Gasteiger charge is -2.02. The zero-order chi connectivity index (χ0) is 15.0. The minimum Gasteiger partial charge on any atom is -0.382 e. The molecule has 0 amide bonds. The molecule has 0 spiro atoms. The van der Waals surface area contributed by atoms with E-state index in [9.17, 15) is 4.39 Å². The topological polar surface area (TPSA) is 69.9 Å². The van der Waals surface area contributed by atoms with Gasteiger partial charge in [0.2, 0.25) is 0 Å². The van der Waals surface area contributed by atoms with Crippen LogP contribution >= 0.6 is 15.9 Å².